The Kier molecular flexibility index (Phi) is 3.02. The van der Waals surface area contributed by atoms with Crippen molar-refractivity contribution in [3.63, 3.8) is 0 Å². The van der Waals surface area contributed by atoms with Crippen LogP contribution in [0.2, 0.25) is 5.02 Å². The number of hydrogen-bond acceptors (Lipinski definition) is 4. The molecular weight excluding hydrogens is 284 g/mol. The zero-order valence-corrected chi connectivity index (χ0v) is 11.3. The Morgan fingerprint density at radius 1 is 1.40 bits per heavy atom. The number of aromatic nitrogens is 2. The summed E-state index contributed by atoms with van der Waals surface area (Å²) in [5.41, 5.74) is 1.99. The monoisotopic (exact) mass is 294 g/mol. The molecule has 3 rings (SSSR count). The average Bonchev–Trinajstić information content (AvgIpc) is 2.92. The fourth-order valence-corrected chi connectivity index (χ4v) is 2.32. The first-order valence-corrected chi connectivity index (χ1v) is 6.33. The fraction of sp³-hybridized carbons (Fsp3) is 0.231. The van der Waals surface area contributed by atoms with Gasteiger partial charge in [0.05, 0.1) is 10.7 Å². The lowest BCUT2D eigenvalue weighted by atomic mass is 10.0. The van der Waals surface area contributed by atoms with Gasteiger partial charge in [0.1, 0.15) is 18.9 Å². The standard InChI is InChI=1S/C13H11ClN2O4/c1-6-7(8-5-9(13(17)18)16-15-8)4-10-12(11(6)14)20-3-2-19-10/h4-5H,2-3H2,1H3,(H,15,16)(H,17,18). The number of aromatic amines is 1. The van der Waals surface area contributed by atoms with Crippen LogP contribution in [-0.2, 0) is 0 Å². The summed E-state index contributed by atoms with van der Waals surface area (Å²) < 4.78 is 11.0. The maximum atomic E-state index is 10.9. The number of carboxylic acid groups (broad SMARTS) is 1. The van der Waals surface area contributed by atoms with Crippen LogP contribution in [0.5, 0.6) is 11.5 Å². The lowest BCUT2D eigenvalue weighted by molar-refractivity contribution is 0.0690. The molecule has 2 N–H and O–H groups in total. The molecule has 7 heteroatoms. The summed E-state index contributed by atoms with van der Waals surface area (Å²) in [6.07, 6.45) is 0. The predicted octanol–water partition coefficient (Wildman–Crippen LogP) is 2.51. The van der Waals surface area contributed by atoms with Crippen molar-refractivity contribution in [3.05, 3.63) is 28.4 Å². The Bertz CT molecular complexity index is 696. The van der Waals surface area contributed by atoms with Crippen LogP contribution >= 0.6 is 11.6 Å². The summed E-state index contributed by atoms with van der Waals surface area (Å²) in [7, 11) is 0. The molecule has 2 heterocycles. The topological polar surface area (TPSA) is 84.4 Å². The van der Waals surface area contributed by atoms with Gasteiger partial charge < -0.3 is 14.6 Å². The van der Waals surface area contributed by atoms with E-state index in [2.05, 4.69) is 10.2 Å². The number of rotatable bonds is 2. The highest BCUT2D eigenvalue weighted by Crippen LogP contribution is 2.43. The van der Waals surface area contributed by atoms with Gasteiger partial charge in [0.2, 0.25) is 0 Å². The maximum absolute atomic E-state index is 10.9. The van der Waals surface area contributed by atoms with E-state index in [1.54, 1.807) is 6.07 Å². The van der Waals surface area contributed by atoms with Crippen LogP contribution in [0.25, 0.3) is 11.3 Å². The van der Waals surface area contributed by atoms with E-state index in [1.807, 2.05) is 6.92 Å². The van der Waals surface area contributed by atoms with Crippen LogP contribution in [0.4, 0.5) is 0 Å². The smallest absolute Gasteiger partial charge is 0.353 e. The summed E-state index contributed by atoms with van der Waals surface area (Å²) in [6, 6.07) is 3.22. The van der Waals surface area contributed by atoms with E-state index in [0.717, 1.165) is 5.56 Å². The molecule has 104 valence electrons. The zero-order chi connectivity index (χ0) is 14.3. The van der Waals surface area contributed by atoms with Crippen molar-refractivity contribution in [1.82, 2.24) is 10.2 Å². The van der Waals surface area contributed by atoms with Gasteiger partial charge in [-0.2, -0.15) is 5.10 Å². The quantitative estimate of drug-likeness (QED) is 0.889. The molecule has 0 unspecified atom stereocenters. The van der Waals surface area contributed by atoms with Gasteiger partial charge in [-0.05, 0) is 24.6 Å². The molecule has 0 saturated heterocycles. The van der Waals surface area contributed by atoms with Crippen molar-refractivity contribution in [2.24, 2.45) is 0 Å². The number of hydrogen-bond donors (Lipinski definition) is 2. The molecule has 1 aliphatic rings. The Balaban J connectivity index is 2.13. The van der Waals surface area contributed by atoms with E-state index in [-0.39, 0.29) is 5.69 Å². The average molecular weight is 295 g/mol. The molecule has 1 aliphatic heterocycles. The summed E-state index contributed by atoms with van der Waals surface area (Å²) in [5.74, 6) is -0.0000660. The number of halogens is 1. The number of benzene rings is 1. The van der Waals surface area contributed by atoms with Gasteiger partial charge in [0.25, 0.3) is 0 Å². The SMILES string of the molecule is Cc1c(-c2cc(C(=O)O)[nH]n2)cc2c(c1Cl)OCCO2. The van der Waals surface area contributed by atoms with Crippen molar-refractivity contribution in [3.8, 4) is 22.8 Å². The number of carboxylic acids is 1. The first kappa shape index (κ1) is 12.8. The number of aromatic carboxylic acids is 1. The molecule has 20 heavy (non-hydrogen) atoms. The molecule has 1 aromatic carbocycles. The second kappa shape index (κ2) is 4.72. The highest BCUT2D eigenvalue weighted by atomic mass is 35.5. The Morgan fingerprint density at radius 3 is 2.85 bits per heavy atom. The second-order valence-corrected chi connectivity index (χ2v) is 4.74. The molecule has 0 spiro atoms. The molecular formula is C13H11ClN2O4. The van der Waals surface area contributed by atoms with E-state index < -0.39 is 5.97 Å². The van der Waals surface area contributed by atoms with Crippen LogP contribution in [0.1, 0.15) is 16.1 Å². The molecule has 1 aromatic heterocycles. The molecule has 6 nitrogen and oxygen atoms in total. The normalized spacial score (nSPS) is 13.3. The van der Waals surface area contributed by atoms with E-state index >= 15 is 0 Å². The van der Waals surface area contributed by atoms with Crippen molar-refractivity contribution < 1.29 is 19.4 Å². The van der Waals surface area contributed by atoms with Gasteiger partial charge in [-0.3, -0.25) is 5.10 Å². The molecule has 0 amide bonds. The Morgan fingerprint density at radius 2 is 2.15 bits per heavy atom. The van der Waals surface area contributed by atoms with Crippen LogP contribution in [-0.4, -0.2) is 34.5 Å². The van der Waals surface area contributed by atoms with Crippen LogP contribution in [0.3, 0.4) is 0 Å². The molecule has 0 radical (unpaired) electrons. The molecule has 0 aliphatic carbocycles. The highest BCUT2D eigenvalue weighted by Gasteiger charge is 2.22. The molecule has 0 fully saturated rings. The molecule has 0 saturated carbocycles. The summed E-state index contributed by atoms with van der Waals surface area (Å²) in [4.78, 5) is 10.9. The summed E-state index contributed by atoms with van der Waals surface area (Å²) >= 11 is 6.28. The van der Waals surface area contributed by atoms with Gasteiger partial charge in [-0.1, -0.05) is 11.6 Å². The van der Waals surface area contributed by atoms with Crippen LogP contribution in [0.15, 0.2) is 12.1 Å². The van der Waals surface area contributed by atoms with Crippen molar-refractivity contribution in [1.29, 1.82) is 0 Å². The largest absolute Gasteiger partial charge is 0.486 e. The van der Waals surface area contributed by atoms with Gasteiger partial charge in [0, 0.05) is 5.56 Å². The first-order valence-electron chi connectivity index (χ1n) is 5.95. The number of H-pyrrole nitrogens is 1. The number of carbonyl (C=O) groups is 1. The molecule has 0 bridgehead atoms. The van der Waals surface area contributed by atoms with Crippen LogP contribution in [0, 0.1) is 6.92 Å². The third-order valence-electron chi connectivity index (χ3n) is 3.10. The number of nitrogens with one attached hydrogen (secondary N) is 1. The van der Waals surface area contributed by atoms with Gasteiger partial charge in [0.15, 0.2) is 11.5 Å². The minimum atomic E-state index is -1.06. The number of ether oxygens (including phenoxy) is 2. The summed E-state index contributed by atoms with van der Waals surface area (Å²) in [5, 5.41) is 15.8. The van der Waals surface area contributed by atoms with E-state index in [9.17, 15) is 4.79 Å². The van der Waals surface area contributed by atoms with E-state index in [0.29, 0.717) is 41.0 Å². The molecule has 2 aromatic rings. The third kappa shape index (κ3) is 1.98. The Labute approximate surface area is 119 Å². The predicted molar refractivity (Wildman–Crippen MR) is 71.7 cm³/mol. The number of nitrogens with zero attached hydrogens (tertiary/aromatic N) is 1. The lowest BCUT2D eigenvalue weighted by Gasteiger charge is -2.21. The van der Waals surface area contributed by atoms with Gasteiger partial charge in [-0.25, -0.2) is 4.79 Å². The van der Waals surface area contributed by atoms with Gasteiger partial charge in [-0.15, -0.1) is 0 Å². The maximum Gasteiger partial charge on any atom is 0.353 e. The van der Waals surface area contributed by atoms with Crippen molar-refractivity contribution in [2.75, 3.05) is 13.2 Å². The fourth-order valence-electron chi connectivity index (χ4n) is 2.07. The van der Waals surface area contributed by atoms with Crippen molar-refractivity contribution >= 4 is 17.6 Å². The molecule has 0 atom stereocenters. The van der Waals surface area contributed by atoms with Crippen molar-refractivity contribution in [2.45, 2.75) is 6.92 Å². The zero-order valence-electron chi connectivity index (χ0n) is 10.6. The minimum absolute atomic E-state index is 0.0189. The van der Waals surface area contributed by atoms with E-state index in [1.165, 1.54) is 6.07 Å². The van der Waals surface area contributed by atoms with E-state index in [4.69, 9.17) is 26.2 Å². The lowest BCUT2D eigenvalue weighted by Crippen LogP contribution is -2.16. The Hall–Kier alpha value is -2.21. The highest BCUT2D eigenvalue weighted by molar-refractivity contribution is 6.33. The minimum Gasteiger partial charge on any atom is -0.486 e. The van der Waals surface area contributed by atoms with Crippen LogP contribution < -0.4 is 9.47 Å². The first-order chi connectivity index (χ1) is 9.58. The summed E-state index contributed by atoms with van der Waals surface area (Å²) in [6.45, 7) is 2.73. The third-order valence-corrected chi connectivity index (χ3v) is 3.56. The number of fused-ring (bicyclic) bond motifs is 1. The van der Waals surface area contributed by atoms with Gasteiger partial charge >= 0.3 is 5.97 Å². The second-order valence-electron chi connectivity index (χ2n) is 4.36.